The van der Waals surface area contributed by atoms with Crippen LogP contribution in [0.25, 0.3) is 0 Å². The van der Waals surface area contributed by atoms with E-state index in [-0.39, 0.29) is 36.3 Å². The Labute approximate surface area is 80.6 Å². The van der Waals surface area contributed by atoms with Crippen LogP contribution in [-0.4, -0.2) is 12.8 Å². The second kappa shape index (κ2) is 74.8. The van der Waals surface area contributed by atoms with Crippen molar-refractivity contribution in [2.45, 2.75) is 56.4 Å². The molecule has 0 radical (unpaired) electrons. The molecule has 2 N–H and O–H groups in total. The van der Waals surface area contributed by atoms with Crippen LogP contribution in [0.3, 0.4) is 0 Å². The molecular formula is C10H31NO. The molecule has 0 amide bonds. The molecule has 0 heterocycles. The van der Waals surface area contributed by atoms with Crippen LogP contribution in [0.1, 0.15) is 56.4 Å². The van der Waals surface area contributed by atoms with Crippen molar-refractivity contribution >= 4 is 6.29 Å². The van der Waals surface area contributed by atoms with Gasteiger partial charge in [-0.25, -0.2) is 0 Å². The van der Waals surface area contributed by atoms with Gasteiger partial charge in [-0.1, -0.05) is 56.4 Å². The van der Waals surface area contributed by atoms with Crippen molar-refractivity contribution in [1.82, 2.24) is 0 Å². The van der Waals surface area contributed by atoms with Gasteiger partial charge in [0.15, 0.2) is 0 Å². The molecule has 0 unspecified atom stereocenters. The van der Waals surface area contributed by atoms with Crippen molar-refractivity contribution in [3.05, 3.63) is 0 Å². The quantitative estimate of drug-likeness (QED) is 0.663. The number of rotatable bonds is 2. The van der Waals surface area contributed by atoms with Crippen LogP contribution in [0.2, 0.25) is 0 Å². The van der Waals surface area contributed by atoms with Crippen LogP contribution in [0.5, 0.6) is 0 Å². The lowest BCUT2D eigenvalue weighted by molar-refractivity contribution is -0.106. The molecule has 0 aliphatic carbocycles. The summed E-state index contributed by atoms with van der Waals surface area (Å²) < 4.78 is 0. The molecule has 0 saturated carbocycles. The number of carbonyl (C=O) groups excluding carboxylic acids is 1. The van der Waals surface area contributed by atoms with Gasteiger partial charge in [-0.05, 0) is 0 Å². The molecule has 2 heteroatoms. The Morgan fingerprint density at radius 2 is 1.17 bits per heavy atom. The minimum Gasteiger partial charge on any atom is -0.324 e. The number of hydrogen-bond acceptors (Lipinski definition) is 2. The number of carbonyl (C=O) groups is 1. The number of hydrogen-bond donors (Lipinski definition) is 1. The van der Waals surface area contributed by atoms with E-state index in [4.69, 9.17) is 4.79 Å². The molecule has 0 rings (SSSR count). The van der Waals surface area contributed by atoms with Crippen LogP contribution in [-0.2, 0) is 4.79 Å². The molecule has 0 atom stereocenters. The van der Waals surface area contributed by atoms with Gasteiger partial charge in [-0.2, -0.15) is 0 Å². The van der Waals surface area contributed by atoms with Gasteiger partial charge in [0, 0.05) is 6.54 Å². The van der Waals surface area contributed by atoms with E-state index in [1.807, 2.05) is 0 Å². The highest BCUT2D eigenvalue weighted by molar-refractivity contribution is 5.51. The molecule has 2 nitrogen and oxygen atoms in total. The standard InChI is InChI=1S/C4H10.C2H5NO.4CH4/c1-3-4-2;3-1-2-4;;;;/h3-4H2,1-2H3;2H,1,3H2;4*1H4. The fourth-order valence-electron chi connectivity index (χ4n) is 0. The summed E-state index contributed by atoms with van der Waals surface area (Å²) >= 11 is 0. The highest BCUT2D eigenvalue weighted by Crippen LogP contribution is 1.76. The molecule has 0 spiro atoms. The van der Waals surface area contributed by atoms with Gasteiger partial charge < -0.3 is 10.5 Å². The van der Waals surface area contributed by atoms with Crippen LogP contribution in [0, 0.1) is 0 Å². The van der Waals surface area contributed by atoms with Crippen LogP contribution >= 0.6 is 0 Å². The minimum absolute atomic E-state index is 0. The summed E-state index contributed by atoms with van der Waals surface area (Å²) in [5, 5.41) is 0. The molecule has 0 aromatic rings. The zero-order chi connectivity index (χ0) is 6.83. The lowest BCUT2D eigenvalue weighted by Gasteiger charge is -1.68. The van der Waals surface area contributed by atoms with E-state index >= 15 is 0 Å². The van der Waals surface area contributed by atoms with Gasteiger partial charge >= 0.3 is 0 Å². The van der Waals surface area contributed by atoms with Gasteiger partial charge in [0.25, 0.3) is 0 Å². The van der Waals surface area contributed by atoms with Gasteiger partial charge in [-0.15, -0.1) is 0 Å². The van der Waals surface area contributed by atoms with Gasteiger partial charge in [0.1, 0.15) is 6.29 Å². The van der Waals surface area contributed by atoms with Gasteiger partial charge in [0.2, 0.25) is 0 Å². The zero-order valence-corrected chi connectivity index (χ0v) is 5.68. The van der Waals surface area contributed by atoms with Gasteiger partial charge in [0.05, 0.1) is 0 Å². The summed E-state index contributed by atoms with van der Waals surface area (Å²) in [5.74, 6) is 0. The molecule has 0 saturated heterocycles. The maximum absolute atomic E-state index is 9.05. The molecule has 12 heavy (non-hydrogen) atoms. The molecule has 0 aliphatic heterocycles. The van der Waals surface area contributed by atoms with Crippen molar-refractivity contribution in [2.24, 2.45) is 5.73 Å². The fourth-order valence-corrected chi connectivity index (χ4v) is 0. The second-order valence-corrected chi connectivity index (χ2v) is 1.40. The van der Waals surface area contributed by atoms with Crippen molar-refractivity contribution in [3.8, 4) is 0 Å². The topological polar surface area (TPSA) is 43.1 Å². The van der Waals surface area contributed by atoms with Crippen LogP contribution in [0.4, 0.5) is 0 Å². The Bertz CT molecular complexity index is 36.8. The zero-order valence-electron chi connectivity index (χ0n) is 5.68. The van der Waals surface area contributed by atoms with E-state index < -0.39 is 0 Å². The molecule has 82 valence electrons. The van der Waals surface area contributed by atoms with E-state index in [0.29, 0.717) is 6.29 Å². The maximum Gasteiger partial charge on any atom is 0.133 e. The largest absolute Gasteiger partial charge is 0.324 e. The first-order chi connectivity index (χ1) is 3.83. The minimum atomic E-state index is 0. The molecular weight excluding hydrogens is 150 g/mol. The predicted octanol–water partition coefficient (Wildman–Crippen LogP) is 3.49. The third-order valence-corrected chi connectivity index (χ3v) is 0.596. The summed E-state index contributed by atoms with van der Waals surface area (Å²) in [6, 6.07) is 0. The smallest absolute Gasteiger partial charge is 0.133 e. The fraction of sp³-hybridized carbons (Fsp3) is 0.900. The van der Waals surface area contributed by atoms with Crippen molar-refractivity contribution < 1.29 is 4.79 Å². The highest BCUT2D eigenvalue weighted by Gasteiger charge is 1.56. The number of unbranched alkanes of at least 4 members (excludes halogenated alkanes) is 1. The summed E-state index contributed by atoms with van der Waals surface area (Å²) in [6.07, 6.45) is 3.29. The summed E-state index contributed by atoms with van der Waals surface area (Å²) in [7, 11) is 0. The number of aldehydes is 1. The van der Waals surface area contributed by atoms with Crippen molar-refractivity contribution in [2.75, 3.05) is 6.54 Å². The lowest BCUT2D eigenvalue weighted by atomic mass is 10.4. The van der Waals surface area contributed by atoms with E-state index in [1.54, 1.807) is 0 Å². The Hall–Kier alpha value is -0.370. The molecule has 0 fully saturated rings. The van der Waals surface area contributed by atoms with Crippen molar-refractivity contribution in [3.63, 3.8) is 0 Å². The average molecular weight is 181 g/mol. The third kappa shape index (κ3) is 270. The van der Waals surface area contributed by atoms with E-state index in [9.17, 15) is 0 Å². The van der Waals surface area contributed by atoms with E-state index in [1.165, 1.54) is 12.8 Å². The first-order valence-electron chi connectivity index (χ1n) is 2.97. The lowest BCUT2D eigenvalue weighted by Crippen LogP contribution is -1.97. The summed E-state index contributed by atoms with van der Waals surface area (Å²) in [6.45, 7) is 4.50. The number of nitrogens with two attached hydrogens (primary N) is 1. The molecule has 0 bridgehead atoms. The Kier molecular flexibility index (Phi) is 258. The molecule has 0 aliphatic rings. The third-order valence-electron chi connectivity index (χ3n) is 0.596. The summed E-state index contributed by atoms with van der Waals surface area (Å²) in [5.41, 5.74) is 4.66. The van der Waals surface area contributed by atoms with Crippen molar-refractivity contribution in [1.29, 1.82) is 0 Å². The Balaban J connectivity index is -0.0000000112. The second-order valence-electron chi connectivity index (χ2n) is 1.40. The summed E-state index contributed by atoms with van der Waals surface area (Å²) in [4.78, 5) is 9.05. The SMILES string of the molecule is C.C.C.C.CCCC.NCC=O. The normalized spacial score (nSPS) is 4.58. The Morgan fingerprint density at radius 3 is 1.17 bits per heavy atom. The molecule has 0 aromatic heterocycles. The van der Waals surface area contributed by atoms with E-state index in [0.717, 1.165) is 0 Å². The van der Waals surface area contributed by atoms with Crippen LogP contribution < -0.4 is 5.73 Å². The Morgan fingerprint density at radius 1 is 1.00 bits per heavy atom. The van der Waals surface area contributed by atoms with Gasteiger partial charge in [-0.3, -0.25) is 0 Å². The van der Waals surface area contributed by atoms with E-state index in [2.05, 4.69) is 19.6 Å². The average Bonchev–Trinajstić information content (AvgIpc) is 1.88. The highest BCUT2D eigenvalue weighted by atomic mass is 16.1. The predicted molar refractivity (Wildman–Crippen MR) is 62.6 cm³/mol. The maximum atomic E-state index is 9.05. The molecule has 0 aromatic carbocycles. The first-order valence-corrected chi connectivity index (χ1v) is 2.97. The monoisotopic (exact) mass is 181 g/mol. The first kappa shape index (κ1) is 41.5. The van der Waals surface area contributed by atoms with Crippen LogP contribution in [0.15, 0.2) is 0 Å².